The van der Waals surface area contributed by atoms with E-state index in [1.165, 1.54) is 0 Å². The van der Waals surface area contributed by atoms with Crippen LogP contribution in [0.5, 0.6) is 0 Å². The third-order valence-corrected chi connectivity index (χ3v) is 6.85. The van der Waals surface area contributed by atoms with Gasteiger partial charge in [-0.2, -0.15) is 0 Å². The van der Waals surface area contributed by atoms with E-state index in [-0.39, 0.29) is 18.2 Å². The summed E-state index contributed by atoms with van der Waals surface area (Å²) in [6, 6.07) is 8.39. The number of para-hydroxylation sites is 1. The number of fused-ring (bicyclic) bond motifs is 1. The number of aryl methyl sites for hydroxylation is 1. The van der Waals surface area contributed by atoms with E-state index in [4.69, 9.17) is 9.37 Å². The minimum atomic E-state index is -0.0161. The Balaban J connectivity index is 1.59. The number of nitrogens with zero attached hydrogens (tertiary/aromatic N) is 5. The number of aromatic nitrogens is 2. The van der Waals surface area contributed by atoms with Crippen molar-refractivity contribution in [2.45, 2.75) is 58.5 Å². The average molecular weight is 470 g/mol. The average Bonchev–Trinajstić information content (AvgIpc) is 3.23. The highest BCUT2D eigenvalue weighted by molar-refractivity contribution is 5.92. The zero-order chi connectivity index (χ0) is 23.9. The molecule has 1 aromatic heterocycles. The number of amides is 2. The van der Waals surface area contributed by atoms with Crippen molar-refractivity contribution in [3.63, 3.8) is 0 Å². The fourth-order valence-electron chi connectivity index (χ4n) is 4.94. The molecule has 4 rings (SSSR count). The highest BCUT2D eigenvalue weighted by Gasteiger charge is 2.25. The fourth-order valence-corrected chi connectivity index (χ4v) is 4.94. The molecule has 3 heterocycles. The maximum atomic E-state index is 13.3. The molecule has 2 aliphatic rings. The van der Waals surface area contributed by atoms with Crippen molar-refractivity contribution < 1.29 is 19.0 Å². The maximum Gasteiger partial charge on any atom is 0.229 e. The minimum absolute atomic E-state index is 0.0161. The number of benzene rings is 1. The normalized spacial score (nSPS) is 19.2. The van der Waals surface area contributed by atoms with Crippen molar-refractivity contribution in [2.75, 3.05) is 44.3 Å². The number of rotatable bonds is 3. The molecule has 1 saturated heterocycles. The Hall–Kier alpha value is -2.78. The van der Waals surface area contributed by atoms with Gasteiger partial charge in [0.2, 0.25) is 11.8 Å². The lowest BCUT2D eigenvalue weighted by Gasteiger charge is -2.36. The topological polar surface area (TPSA) is 92.0 Å². The monoisotopic (exact) mass is 469 g/mol. The molecule has 9 heteroatoms. The maximum absolute atomic E-state index is 13.3. The molecular formula is C25H35N5O4. The van der Waals surface area contributed by atoms with Crippen LogP contribution in [0.2, 0.25) is 0 Å². The van der Waals surface area contributed by atoms with E-state index in [0.717, 1.165) is 63.2 Å². The van der Waals surface area contributed by atoms with Crippen LogP contribution >= 0.6 is 0 Å². The van der Waals surface area contributed by atoms with Crippen molar-refractivity contribution in [1.29, 1.82) is 0 Å². The van der Waals surface area contributed by atoms with E-state index in [2.05, 4.69) is 15.2 Å². The highest BCUT2D eigenvalue weighted by Crippen LogP contribution is 2.25. The van der Waals surface area contributed by atoms with E-state index in [9.17, 15) is 9.59 Å². The van der Waals surface area contributed by atoms with Crippen LogP contribution in [0.4, 0.5) is 5.69 Å². The Morgan fingerprint density at radius 3 is 2.47 bits per heavy atom. The second kappa shape index (κ2) is 11.6. The van der Waals surface area contributed by atoms with Gasteiger partial charge in [-0.05, 0) is 44.2 Å². The molecule has 0 radical (unpaired) electrons. The first-order valence-electron chi connectivity index (χ1n) is 12.3. The van der Waals surface area contributed by atoms with Crippen LogP contribution < -0.4 is 4.90 Å². The van der Waals surface area contributed by atoms with Gasteiger partial charge in [0.05, 0.1) is 6.42 Å². The zero-order valence-electron chi connectivity index (χ0n) is 20.2. The molecule has 2 aliphatic heterocycles. The first kappa shape index (κ1) is 24.3. The third-order valence-electron chi connectivity index (χ3n) is 6.85. The van der Waals surface area contributed by atoms with Crippen LogP contribution in [0.1, 0.15) is 49.6 Å². The molecule has 1 aromatic carbocycles. The number of carbonyl (C=O) groups is 2. The van der Waals surface area contributed by atoms with E-state index >= 15 is 0 Å². The summed E-state index contributed by atoms with van der Waals surface area (Å²) in [5.41, 5.74) is 3.06. The molecule has 34 heavy (non-hydrogen) atoms. The number of hydrogen-bond donors (Lipinski definition) is 0. The Labute approximate surface area is 201 Å². The first-order chi connectivity index (χ1) is 16.5. The molecular weight excluding hydrogens is 434 g/mol. The summed E-state index contributed by atoms with van der Waals surface area (Å²) < 4.78 is 10.4. The van der Waals surface area contributed by atoms with Crippen molar-refractivity contribution in [1.82, 2.24) is 20.1 Å². The number of carbonyl (C=O) groups excluding carboxylic acids is 2. The molecule has 0 atom stereocenters. The summed E-state index contributed by atoms with van der Waals surface area (Å²) in [7, 11) is 0. The van der Waals surface area contributed by atoms with Crippen LogP contribution in [0.3, 0.4) is 0 Å². The summed E-state index contributed by atoms with van der Waals surface area (Å²) >= 11 is 0. The standard InChI is InChI=1S/C25H35N5O4/c1-19-23(27-34-26-19)17-25(32)29-13-5-11-28(22-9-15-33-16-10-22)12-6-14-30(20(2)31)24-8-4-3-7-21(24)18-29/h3-4,7-8,22H,5-6,9-18H2,1-2H3. The summed E-state index contributed by atoms with van der Waals surface area (Å²) in [5, 5.41) is 7.71. The van der Waals surface area contributed by atoms with E-state index in [1.54, 1.807) is 13.8 Å². The van der Waals surface area contributed by atoms with Crippen molar-refractivity contribution in [3.05, 3.63) is 41.2 Å². The number of anilines is 1. The van der Waals surface area contributed by atoms with Crippen molar-refractivity contribution >= 4 is 17.5 Å². The smallest absolute Gasteiger partial charge is 0.229 e. The van der Waals surface area contributed by atoms with E-state index < -0.39 is 0 Å². The largest absolute Gasteiger partial charge is 0.381 e. The lowest BCUT2D eigenvalue weighted by atomic mass is 10.1. The van der Waals surface area contributed by atoms with Gasteiger partial charge in [0, 0.05) is 64.6 Å². The van der Waals surface area contributed by atoms with E-state index in [0.29, 0.717) is 37.1 Å². The number of hydrogen-bond acceptors (Lipinski definition) is 7. The predicted octanol–water partition coefficient (Wildman–Crippen LogP) is 2.58. The van der Waals surface area contributed by atoms with Gasteiger partial charge in [0.25, 0.3) is 0 Å². The second-order valence-corrected chi connectivity index (χ2v) is 9.17. The van der Waals surface area contributed by atoms with Crippen molar-refractivity contribution in [3.8, 4) is 0 Å². The quantitative estimate of drug-likeness (QED) is 0.682. The van der Waals surface area contributed by atoms with Gasteiger partial charge < -0.3 is 19.4 Å². The minimum Gasteiger partial charge on any atom is -0.381 e. The zero-order valence-corrected chi connectivity index (χ0v) is 20.2. The summed E-state index contributed by atoms with van der Waals surface area (Å²) in [6.07, 6.45) is 4.00. The molecule has 184 valence electrons. The van der Waals surface area contributed by atoms with Gasteiger partial charge >= 0.3 is 0 Å². The van der Waals surface area contributed by atoms with Crippen LogP contribution in [-0.2, 0) is 27.3 Å². The highest BCUT2D eigenvalue weighted by atomic mass is 16.6. The Bertz CT molecular complexity index is 972. The molecule has 1 fully saturated rings. The molecule has 0 aliphatic carbocycles. The first-order valence-corrected chi connectivity index (χ1v) is 12.3. The Kier molecular flexibility index (Phi) is 8.29. The van der Waals surface area contributed by atoms with Crippen LogP contribution in [-0.4, -0.2) is 77.4 Å². The van der Waals surface area contributed by atoms with Gasteiger partial charge in [-0.15, -0.1) is 0 Å². The molecule has 2 aromatic rings. The Morgan fingerprint density at radius 2 is 1.76 bits per heavy atom. The second-order valence-electron chi connectivity index (χ2n) is 9.17. The van der Waals surface area contributed by atoms with Gasteiger partial charge in [-0.3, -0.25) is 9.59 Å². The lowest BCUT2D eigenvalue weighted by molar-refractivity contribution is -0.131. The summed E-state index contributed by atoms with van der Waals surface area (Å²) in [6.45, 7) is 8.58. The van der Waals surface area contributed by atoms with Gasteiger partial charge in [0.15, 0.2) is 0 Å². The summed E-state index contributed by atoms with van der Waals surface area (Å²) in [4.78, 5) is 32.2. The predicted molar refractivity (Wildman–Crippen MR) is 127 cm³/mol. The fraction of sp³-hybridized carbons (Fsp3) is 0.600. The van der Waals surface area contributed by atoms with Crippen molar-refractivity contribution in [2.24, 2.45) is 0 Å². The Morgan fingerprint density at radius 1 is 1.03 bits per heavy atom. The molecule has 2 amide bonds. The van der Waals surface area contributed by atoms with Gasteiger partial charge in [-0.1, -0.05) is 28.5 Å². The molecule has 0 saturated carbocycles. The van der Waals surface area contributed by atoms with Crippen LogP contribution in [0.15, 0.2) is 28.9 Å². The van der Waals surface area contributed by atoms with Crippen LogP contribution in [0, 0.1) is 6.92 Å². The molecule has 0 spiro atoms. The van der Waals surface area contributed by atoms with Gasteiger partial charge in [0.1, 0.15) is 11.4 Å². The molecule has 0 bridgehead atoms. The molecule has 0 unspecified atom stereocenters. The van der Waals surface area contributed by atoms with E-state index in [1.807, 2.05) is 34.1 Å². The lowest BCUT2D eigenvalue weighted by Crippen LogP contribution is -2.44. The van der Waals surface area contributed by atoms with Gasteiger partial charge in [-0.25, -0.2) is 4.63 Å². The number of ether oxygens (including phenoxy) is 1. The third kappa shape index (κ3) is 6.01. The summed E-state index contributed by atoms with van der Waals surface area (Å²) in [5.74, 6) is 0.00181. The molecule has 0 N–H and O–H groups in total. The SMILES string of the molecule is CC(=O)N1CCCN(C2CCOCC2)CCCN(C(=O)Cc2nonc2C)Cc2ccccc21. The van der Waals surface area contributed by atoms with Crippen LogP contribution in [0.25, 0.3) is 0 Å². The molecule has 9 nitrogen and oxygen atoms in total.